The molecule has 0 aromatic carbocycles. The molecule has 1 amide bonds. The van der Waals surface area contributed by atoms with Crippen molar-refractivity contribution in [1.29, 1.82) is 0 Å². The van der Waals surface area contributed by atoms with Crippen molar-refractivity contribution in [3.05, 3.63) is 0 Å². The smallest absolute Gasteiger partial charge is 0.233 e. The molecule has 0 spiro atoms. The number of rotatable bonds is 5. The maximum Gasteiger partial charge on any atom is 0.233 e. The van der Waals surface area contributed by atoms with E-state index in [2.05, 4.69) is 24.1 Å². The van der Waals surface area contributed by atoms with Crippen LogP contribution in [0.15, 0.2) is 0 Å². The largest absolute Gasteiger partial charge is 0.392 e. The molecule has 1 aliphatic heterocycles. The van der Waals surface area contributed by atoms with E-state index in [1.807, 2.05) is 0 Å². The molecule has 1 aliphatic carbocycles. The van der Waals surface area contributed by atoms with Crippen molar-refractivity contribution in [2.24, 2.45) is 23.0 Å². The van der Waals surface area contributed by atoms with Gasteiger partial charge in [0.05, 0.1) is 10.4 Å². The highest BCUT2D eigenvalue weighted by molar-refractivity contribution is 7.80. The second-order valence-electron chi connectivity index (χ2n) is 6.22. The van der Waals surface area contributed by atoms with Crippen molar-refractivity contribution in [2.75, 3.05) is 26.2 Å². The summed E-state index contributed by atoms with van der Waals surface area (Å²) in [5.41, 5.74) is 5.23. The minimum Gasteiger partial charge on any atom is -0.392 e. The average Bonchev–Trinajstić information content (AvgIpc) is 2.79. The SMILES string of the molecule is CCN1CCC(CNC(=O)C2(C(N)=S)CC(C)C2)C1. The summed E-state index contributed by atoms with van der Waals surface area (Å²) in [5.74, 6) is 1.17. The Labute approximate surface area is 121 Å². The van der Waals surface area contributed by atoms with Gasteiger partial charge in [-0.3, -0.25) is 4.79 Å². The zero-order chi connectivity index (χ0) is 14.0. The molecule has 2 rings (SSSR count). The maximum absolute atomic E-state index is 12.3. The quantitative estimate of drug-likeness (QED) is 0.743. The minimum absolute atomic E-state index is 0.0491. The number of carbonyl (C=O) groups is 1. The van der Waals surface area contributed by atoms with Crippen LogP contribution in [0.2, 0.25) is 0 Å². The van der Waals surface area contributed by atoms with Crippen LogP contribution in [0.25, 0.3) is 0 Å². The first-order chi connectivity index (χ1) is 8.98. The van der Waals surface area contributed by atoms with Crippen molar-refractivity contribution in [1.82, 2.24) is 10.2 Å². The van der Waals surface area contributed by atoms with Crippen LogP contribution in [0.4, 0.5) is 0 Å². The van der Waals surface area contributed by atoms with Gasteiger partial charge in [-0.15, -0.1) is 0 Å². The van der Waals surface area contributed by atoms with Crippen molar-refractivity contribution < 1.29 is 4.79 Å². The fraction of sp³-hybridized carbons (Fsp3) is 0.857. The Bertz CT molecular complexity index is 366. The minimum atomic E-state index is -0.558. The number of nitrogens with zero attached hydrogens (tertiary/aromatic N) is 1. The molecule has 1 atom stereocenters. The Morgan fingerprint density at radius 2 is 2.21 bits per heavy atom. The van der Waals surface area contributed by atoms with E-state index in [-0.39, 0.29) is 5.91 Å². The Morgan fingerprint density at radius 3 is 2.68 bits per heavy atom. The first kappa shape index (κ1) is 14.7. The number of amides is 1. The third kappa shape index (κ3) is 2.92. The standard InChI is InChI=1S/C14H25N3OS/c1-3-17-5-4-11(9-17)8-16-13(18)14(12(15)19)6-10(2)7-14/h10-11H,3-9H2,1-2H3,(H2,15,19)(H,16,18). The number of thiocarbonyl (C=S) groups is 1. The summed E-state index contributed by atoms with van der Waals surface area (Å²) < 4.78 is 0. The molecule has 0 aromatic heterocycles. The van der Waals surface area contributed by atoms with Gasteiger partial charge in [-0.05, 0) is 44.2 Å². The molecule has 2 fully saturated rings. The molecule has 0 bridgehead atoms. The van der Waals surface area contributed by atoms with Crippen LogP contribution in [-0.2, 0) is 4.79 Å². The van der Waals surface area contributed by atoms with E-state index in [4.69, 9.17) is 18.0 Å². The first-order valence-corrected chi connectivity index (χ1v) is 7.69. The average molecular weight is 283 g/mol. The number of hydrogen-bond acceptors (Lipinski definition) is 3. The third-order valence-electron chi connectivity index (χ3n) is 4.67. The van der Waals surface area contributed by atoms with Gasteiger partial charge in [0.1, 0.15) is 0 Å². The van der Waals surface area contributed by atoms with Crippen molar-refractivity contribution >= 4 is 23.1 Å². The Kier molecular flexibility index (Phi) is 4.46. The zero-order valence-electron chi connectivity index (χ0n) is 11.9. The molecule has 3 N–H and O–H groups in total. The van der Waals surface area contributed by atoms with E-state index < -0.39 is 5.41 Å². The third-order valence-corrected chi connectivity index (χ3v) is 5.06. The number of hydrogen-bond donors (Lipinski definition) is 2. The first-order valence-electron chi connectivity index (χ1n) is 7.28. The second-order valence-corrected chi connectivity index (χ2v) is 6.66. The second kappa shape index (κ2) is 5.75. The molecular weight excluding hydrogens is 258 g/mol. The number of likely N-dealkylation sites (tertiary alicyclic amines) is 1. The van der Waals surface area contributed by atoms with Gasteiger partial charge in [0, 0.05) is 13.1 Å². The lowest BCUT2D eigenvalue weighted by Gasteiger charge is -2.44. The van der Waals surface area contributed by atoms with Crippen LogP contribution < -0.4 is 11.1 Å². The van der Waals surface area contributed by atoms with Gasteiger partial charge in [-0.1, -0.05) is 26.1 Å². The summed E-state index contributed by atoms with van der Waals surface area (Å²) in [6, 6.07) is 0. The van der Waals surface area contributed by atoms with Crippen LogP contribution in [-0.4, -0.2) is 42.0 Å². The summed E-state index contributed by atoms with van der Waals surface area (Å²) in [4.78, 5) is 15.1. The highest BCUT2D eigenvalue weighted by Gasteiger charge is 2.50. The van der Waals surface area contributed by atoms with E-state index in [0.717, 1.165) is 39.0 Å². The molecule has 4 nitrogen and oxygen atoms in total. The number of nitrogens with one attached hydrogen (secondary N) is 1. The van der Waals surface area contributed by atoms with Crippen molar-refractivity contribution in [3.63, 3.8) is 0 Å². The lowest BCUT2D eigenvalue weighted by atomic mass is 9.62. The van der Waals surface area contributed by atoms with Crippen molar-refractivity contribution in [3.8, 4) is 0 Å². The van der Waals surface area contributed by atoms with E-state index in [1.54, 1.807) is 0 Å². The van der Waals surface area contributed by atoms with Gasteiger partial charge >= 0.3 is 0 Å². The Hall–Kier alpha value is -0.680. The van der Waals surface area contributed by atoms with E-state index in [1.165, 1.54) is 6.42 Å². The lowest BCUT2D eigenvalue weighted by molar-refractivity contribution is -0.133. The van der Waals surface area contributed by atoms with Crippen molar-refractivity contribution in [2.45, 2.75) is 33.1 Å². The molecule has 108 valence electrons. The van der Waals surface area contributed by atoms with Gasteiger partial charge in [-0.25, -0.2) is 0 Å². The fourth-order valence-corrected chi connectivity index (χ4v) is 3.66. The molecule has 0 aromatic rings. The molecule has 5 heteroatoms. The normalized spacial score (nSPS) is 34.8. The number of carbonyl (C=O) groups excluding carboxylic acids is 1. The van der Waals surface area contributed by atoms with E-state index in [9.17, 15) is 4.79 Å². The zero-order valence-corrected chi connectivity index (χ0v) is 12.8. The highest BCUT2D eigenvalue weighted by atomic mass is 32.1. The van der Waals surface area contributed by atoms with Crippen LogP contribution in [0, 0.1) is 17.3 Å². The molecule has 2 aliphatic rings. The van der Waals surface area contributed by atoms with E-state index in [0.29, 0.717) is 16.8 Å². The molecular formula is C14H25N3OS. The summed E-state index contributed by atoms with van der Waals surface area (Å²) in [6.45, 7) is 8.41. The van der Waals surface area contributed by atoms with Gasteiger partial charge < -0.3 is 16.0 Å². The van der Waals surface area contributed by atoms with Crippen LogP contribution in [0.5, 0.6) is 0 Å². The summed E-state index contributed by atoms with van der Waals surface area (Å²) in [5, 5.41) is 3.08. The van der Waals surface area contributed by atoms with E-state index >= 15 is 0 Å². The van der Waals surface area contributed by atoms with Crippen LogP contribution in [0.1, 0.15) is 33.1 Å². The summed E-state index contributed by atoms with van der Waals surface area (Å²) in [7, 11) is 0. The molecule has 0 radical (unpaired) electrons. The lowest BCUT2D eigenvalue weighted by Crippen LogP contribution is -2.56. The molecule has 1 unspecified atom stereocenters. The van der Waals surface area contributed by atoms with Gasteiger partial charge in [-0.2, -0.15) is 0 Å². The fourth-order valence-electron chi connectivity index (χ4n) is 3.40. The van der Waals surface area contributed by atoms with Gasteiger partial charge in [0.15, 0.2) is 0 Å². The molecule has 19 heavy (non-hydrogen) atoms. The van der Waals surface area contributed by atoms with Gasteiger partial charge in [0.25, 0.3) is 0 Å². The Balaban J connectivity index is 1.83. The maximum atomic E-state index is 12.3. The Morgan fingerprint density at radius 1 is 1.53 bits per heavy atom. The monoisotopic (exact) mass is 283 g/mol. The number of nitrogens with two attached hydrogens (primary N) is 1. The summed E-state index contributed by atoms with van der Waals surface area (Å²) >= 11 is 5.11. The molecule has 1 saturated carbocycles. The predicted octanol–water partition coefficient (Wildman–Crippen LogP) is 1.15. The highest BCUT2D eigenvalue weighted by Crippen LogP contribution is 2.46. The van der Waals surface area contributed by atoms with Crippen LogP contribution >= 0.6 is 12.2 Å². The predicted molar refractivity (Wildman–Crippen MR) is 80.8 cm³/mol. The molecule has 1 heterocycles. The van der Waals surface area contributed by atoms with Gasteiger partial charge in [0.2, 0.25) is 5.91 Å². The topological polar surface area (TPSA) is 58.4 Å². The summed E-state index contributed by atoms with van der Waals surface area (Å²) in [6.07, 6.45) is 2.78. The molecule has 1 saturated heterocycles. The van der Waals surface area contributed by atoms with Crippen LogP contribution in [0.3, 0.4) is 0 Å².